The van der Waals surface area contributed by atoms with E-state index in [4.69, 9.17) is 9.97 Å². The molecule has 0 spiro atoms. The number of nitrogens with one attached hydrogen (secondary N) is 2. The van der Waals surface area contributed by atoms with Crippen LogP contribution in [0.3, 0.4) is 0 Å². The minimum atomic E-state index is 0.373. The molecule has 5 rings (SSSR count). The zero-order valence-electron chi connectivity index (χ0n) is 29.9. The van der Waals surface area contributed by atoms with Gasteiger partial charge in [-0.2, -0.15) is 0 Å². The molecule has 0 saturated carbocycles. The maximum atomic E-state index is 5.49. The van der Waals surface area contributed by atoms with Gasteiger partial charge < -0.3 is 9.97 Å². The van der Waals surface area contributed by atoms with Crippen LogP contribution >= 0.6 is 0 Å². The minimum Gasteiger partial charge on any atom is -0.355 e. The van der Waals surface area contributed by atoms with Gasteiger partial charge in [-0.15, -0.1) is 0 Å². The molecule has 246 valence electrons. The number of unbranched alkanes of at least 4 members (excludes halogenated alkanes) is 1. The van der Waals surface area contributed by atoms with Crippen molar-refractivity contribution in [1.82, 2.24) is 19.9 Å². The lowest BCUT2D eigenvalue weighted by Crippen LogP contribution is -2.03. The Bertz CT molecular complexity index is 1710. The van der Waals surface area contributed by atoms with Crippen molar-refractivity contribution in [3.8, 4) is 0 Å². The normalized spacial score (nSPS) is 15.3. The van der Waals surface area contributed by atoms with Crippen molar-refractivity contribution in [3.05, 3.63) is 69.3 Å². The molecule has 0 fully saturated rings. The van der Waals surface area contributed by atoms with Crippen LogP contribution in [-0.2, 0) is 0 Å². The van der Waals surface area contributed by atoms with Crippen molar-refractivity contribution in [2.24, 2.45) is 0 Å². The van der Waals surface area contributed by atoms with E-state index in [0.717, 1.165) is 61.3 Å². The quantitative estimate of drug-likeness (QED) is 0.130. The van der Waals surface area contributed by atoms with Crippen molar-refractivity contribution in [2.75, 3.05) is 0 Å². The summed E-state index contributed by atoms with van der Waals surface area (Å²) >= 11 is 0. The summed E-state index contributed by atoms with van der Waals surface area (Å²) in [6, 6.07) is 9.22. The second-order valence-corrected chi connectivity index (χ2v) is 13.8. The highest BCUT2D eigenvalue weighted by Gasteiger charge is 2.23. The smallest absolute Gasteiger partial charge is 0.0693 e. The fourth-order valence-electron chi connectivity index (χ4n) is 7.73. The van der Waals surface area contributed by atoms with Gasteiger partial charge in [0.25, 0.3) is 0 Å². The van der Waals surface area contributed by atoms with Gasteiger partial charge in [0.15, 0.2) is 0 Å². The van der Waals surface area contributed by atoms with E-state index in [1.165, 1.54) is 70.0 Å². The van der Waals surface area contributed by atoms with Gasteiger partial charge in [-0.25, -0.2) is 9.97 Å². The molecule has 4 heteroatoms. The van der Waals surface area contributed by atoms with Crippen LogP contribution in [0.5, 0.6) is 0 Å². The van der Waals surface area contributed by atoms with Gasteiger partial charge in [-0.3, -0.25) is 0 Å². The average molecular weight is 619 g/mol. The molecule has 5 heterocycles. The molecular weight excluding hydrogens is 560 g/mol. The van der Waals surface area contributed by atoms with Crippen molar-refractivity contribution in [1.29, 1.82) is 0 Å². The standard InChI is InChI=1S/C42H58N4/c1-9-15-18-30(17-11-3)42-37-25-21-33(45-37)39(27(7)12-4)31-19-23-35(43-31)41(29(14-6)16-10-2)36-24-20-32(44-36)40(28(8)13-5)34-22-26-38(42)46-34/h19-30,43,46H,9-18H2,1-8H3. The predicted octanol–water partition coefficient (Wildman–Crippen LogP) is 13.1. The minimum absolute atomic E-state index is 0.373. The first-order valence-electron chi connectivity index (χ1n) is 18.5. The SMILES string of the molecule is CCCCC(CCC)c1c2nc(c(C(C)CC)c3ccc([nH]3)c(C(CC)CCC)c3nc(c(C(C)CC)c4ccc1[nH]4)C=C3)C=C2. The van der Waals surface area contributed by atoms with E-state index in [2.05, 4.69) is 114 Å². The summed E-state index contributed by atoms with van der Waals surface area (Å²) in [6.07, 6.45) is 20.6. The topological polar surface area (TPSA) is 57.4 Å². The fourth-order valence-corrected chi connectivity index (χ4v) is 7.73. The summed E-state index contributed by atoms with van der Waals surface area (Å²) in [7, 11) is 0. The summed E-state index contributed by atoms with van der Waals surface area (Å²) < 4.78 is 0. The average Bonchev–Trinajstić information content (AvgIpc) is 3.89. The molecule has 4 nitrogen and oxygen atoms in total. The van der Waals surface area contributed by atoms with E-state index >= 15 is 0 Å². The summed E-state index contributed by atoms with van der Waals surface area (Å²) in [5.41, 5.74) is 14.5. The van der Waals surface area contributed by atoms with Gasteiger partial charge in [0, 0.05) is 44.3 Å². The maximum Gasteiger partial charge on any atom is 0.0693 e. The summed E-state index contributed by atoms with van der Waals surface area (Å²) in [6.45, 7) is 18.5. The molecular formula is C42H58N4. The summed E-state index contributed by atoms with van der Waals surface area (Å²) in [4.78, 5) is 18.8. The van der Waals surface area contributed by atoms with Gasteiger partial charge >= 0.3 is 0 Å². The lowest BCUT2D eigenvalue weighted by molar-refractivity contribution is 0.542. The number of aromatic amines is 2. The molecule has 3 aromatic heterocycles. The van der Waals surface area contributed by atoms with Gasteiger partial charge in [0.05, 0.1) is 22.8 Å². The molecule has 3 aromatic rings. The second kappa shape index (κ2) is 15.5. The molecule has 0 saturated heterocycles. The van der Waals surface area contributed by atoms with Crippen molar-refractivity contribution in [2.45, 2.75) is 143 Å². The van der Waals surface area contributed by atoms with Crippen LogP contribution in [0.2, 0.25) is 0 Å². The number of hydrogen-bond donors (Lipinski definition) is 2. The van der Waals surface area contributed by atoms with Crippen molar-refractivity contribution in [3.63, 3.8) is 0 Å². The monoisotopic (exact) mass is 618 g/mol. The van der Waals surface area contributed by atoms with E-state index in [9.17, 15) is 0 Å². The number of nitrogens with zero attached hydrogens (tertiary/aromatic N) is 2. The Kier molecular flexibility index (Phi) is 11.4. The van der Waals surface area contributed by atoms with Crippen LogP contribution in [-0.4, -0.2) is 19.9 Å². The second-order valence-electron chi connectivity index (χ2n) is 13.8. The Morgan fingerprint density at radius 2 is 0.870 bits per heavy atom. The molecule has 0 radical (unpaired) electrons. The number of aromatic nitrogens is 4. The van der Waals surface area contributed by atoms with Gasteiger partial charge in [0.2, 0.25) is 0 Å². The van der Waals surface area contributed by atoms with E-state index in [1.54, 1.807) is 0 Å². The third kappa shape index (κ3) is 6.82. The molecule has 0 aliphatic carbocycles. The first-order chi connectivity index (χ1) is 22.4. The lowest BCUT2D eigenvalue weighted by Gasteiger charge is -2.18. The highest BCUT2D eigenvalue weighted by Crippen LogP contribution is 2.38. The number of fused-ring (bicyclic) bond motifs is 8. The van der Waals surface area contributed by atoms with Crippen LogP contribution in [0.15, 0.2) is 24.3 Å². The van der Waals surface area contributed by atoms with Crippen LogP contribution in [0, 0.1) is 0 Å². The Morgan fingerprint density at radius 3 is 1.26 bits per heavy atom. The summed E-state index contributed by atoms with van der Waals surface area (Å²) in [5, 5.41) is 0. The Morgan fingerprint density at radius 1 is 0.478 bits per heavy atom. The molecule has 2 N–H and O–H groups in total. The number of H-pyrrole nitrogens is 2. The van der Waals surface area contributed by atoms with Crippen LogP contribution in [0.1, 0.15) is 188 Å². The van der Waals surface area contributed by atoms with Gasteiger partial charge in [-0.1, -0.05) is 81.1 Å². The Balaban J connectivity index is 1.98. The molecule has 4 unspecified atom stereocenters. The largest absolute Gasteiger partial charge is 0.355 e. The van der Waals surface area contributed by atoms with E-state index < -0.39 is 0 Å². The number of rotatable bonds is 14. The summed E-state index contributed by atoms with van der Waals surface area (Å²) in [5.74, 6) is 1.64. The zero-order valence-corrected chi connectivity index (χ0v) is 29.9. The van der Waals surface area contributed by atoms with Crippen molar-refractivity contribution >= 4 is 46.4 Å². The van der Waals surface area contributed by atoms with Crippen LogP contribution < -0.4 is 0 Å². The van der Waals surface area contributed by atoms with Crippen molar-refractivity contribution < 1.29 is 0 Å². The highest BCUT2D eigenvalue weighted by molar-refractivity contribution is 5.84. The molecule has 0 amide bonds. The Hall–Kier alpha value is -3.40. The van der Waals surface area contributed by atoms with Crippen LogP contribution in [0.25, 0.3) is 46.4 Å². The van der Waals surface area contributed by atoms with Crippen LogP contribution in [0.4, 0.5) is 0 Å². The molecule has 46 heavy (non-hydrogen) atoms. The predicted molar refractivity (Wildman–Crippen MR) is 201 cm³/mol. The van der Waals surface area contributed by atoms with E-state index in [1.807, 2.05) is 0 Å². The maximum absolute atomic E-state index is 5.49. The van der Waals surface area contributed by atoms with Gasteiger partial charge in [-0.05, 0) is 111 Å². The number of hydrogen-bond acceptors (Lipinski definition) is 2. The fraction of sp³-hybridized carbons (Fsp3) is 0.524. The van der Waals surface area contributed by atoms with Gasteiger partial charge in [0.1, 0.15) is 0 Å². The van der Waals surface area contributed by atoms with E-state index in [-0.39, 0.29) is 0 Å². The molecule has 0 aromatic carbocycles. The first-order valence-corrected chi connectivity index (χ1v) is 18.5. The molecule has 8 bridgehead atoms. The Labute approximate surface area is 278 Å². The third-order valence-electron chi connectivity index (χ3n) is 10.6. The third-order valence-corrected chi connectivity index (χ3v) is 10.6. The van der Waals surface area contributed by atoms with E-state index in [0.29, 0.717) is 23.7 Å². The first kappa shape index (κ1) is 33.9. The lowest BCUT2D eigenvalue weighted by atomic mass is 9.88. The molecule has 4 atom stereocenters. The highest BCUT2D eigenvalue weighted by atomic mass is 14.8. The molecule has 2 aliphatic rings. The zero-order chi connectivity index (χ0) is 32.8. The molecule has 2 aliphatic heterocycles.